The third-order valence-corrected chi connectivity index (χ3v) is 3.16. The molecule has 24 heavy (non-hydrogen) atoms. The summed E-state index contributed by atoms with van der Waals surface area (Å²) in [5, 5.41) is 13.5. The number of benzene rings is 2. The molecule has 0 aliphatic rings. The first-order chi connectivity index (χ1) is 11.4. The summed E-state index contributed by atoms with van der Waals surface area (Å²) in [7, 11) is 1.46. The maximum atomic E-state index is 13.3. The van der Waals surface area contributed by atoms with E-state index >= 15 is 0 Å². The zero-order valence-corrected chi connectivity index (χ0v) is 13.0. The Morgan fingerprint density at radius 3 is 2.62 bits per heavy atom. The molecule has 0 saturated carbocycles. The maximum absolute atomic E-state index is 13.3. The predicted molar refractivity (Wildman–Crippen MR) is 84.8 cm³/mol. The Hall–Kier alpha value is -3.16. The lowest BCUT2D eigenvalue weighted by Crippen LogP contribution is -2.30. The molecule has 0 aromatic heterocycles. The van der Waals surface area contributed by atoms with E-state index in [-0.39, 0.29) is 5.75 Å². The average Bonchev–Trinajstić information content (AvgIpc) is 2.55. The van der Waals surface area contributed by atoms with Crippen molar-refractivity contribution in [3.8, 4) is 11.5 Å². The van der Waals surface area contributed by atoms with Gasteiger partial charge in [0.1, 0.15) is 11.6 Å². The number of halogens is 1. The van der Waals surface area contributed by atoms with Gasteiger partial charge in [-0.2, -0.15) is 0 Å². The molecule has 0 bridgehead atoms. The number of carbonyl (C=O) groups excluding carboxylic acids is 1. The van der Waals surface area contributed by atoms with E-state index in [1.165, 1.54) is 14.0 Å². The number of nitro benzene ring substituents is 1. The van der Waals surface area contributed by atoms with E-state index in [0.717, 1.165) is 18.2 Å². The van der Waals surface area contributed by atoms with Crippen LogP contribution in [0.1, 0.15) is 6.92 Å². The Bertz CT molecular complexity index is 766. The standard InChI is InChI=1S/C16H15FN2O5/c1-10(16(20)18-12-5-3-4-6-14(12)23-2)24-15-9-11(17)7-8-13(15)19(21)22/h3-10H,1-2H3,(H,18,20)/t10-/m0/s1. The summed E-state index contributed by atoms with van der Waals surface area (Å²) in [6, 6.07) is 9.54. The highest BCUT2D eigenvalue weighted by atomic mass is 19.1. The van der Waals surface area contributed by atoms with Crippen LogP contribution in [0.4, 0.5) is 15.8 Å². The van der Waals surface area contributed by atoms with E-state index in [0.29, 0.717) is 11.4 Å². The van der Waals surface area contributed by atoms with Crippen LogP contribution in [0.3, 0.4) is 0 Å². The molecule has 126 valence electrons. The van der Waals surface area contributed by atoms with Crippen molar-refractivity contribution in [2.24, 2.45) is 0 Å². The van der Waals surface area contributed by atoms with Crippen LogP contribution in [0.5, 0.6) is 11.5 Å². The highest BCUT2D eigenvalue weighted by molar-refractivity contribution is 5.95. The van der Waals surface area contributed by atoms with Gasteiger partial charge in [-0.25, -0.2) is 4.39 Å². The van der Waals surface area contributed by atoms with Crippen LogP contribution in [0, 0.1) is 15.9 Å². The summed E-state index contributed by atoms with van der Waals surface area (Å²) in [6.45, 7) is 1.40. The van der Waals surface area contributed by atoms with Crippen LogP contribution < -0.4 is 14.8 Å². The molecule has 0 heterocycles. The Balaban J connectivity index is 2.15. The minimum Gasteiger partial charge on any atom is -0.495 e. The number of para-hydroxylation sites is 2. The van der Waals surface area contributed by atoms with Crippen LogP contribution in [-0.2, 0) is 4.79 Å². The van der Waals surface area contributed by atoms with E-state index < -0.39 is 28.4 Å². The van der Waals surface area contributed by atoms with Crippen molar-refractivity contribution in [2.45, 2.75) is 13.0 Å². The monoisotopic (exact) mass is 334 g/mol. The van der Waals surface area contributed by atoms with Gasteiger partial charge in [0.25, 0.3) is 5.91 Å². The van der Waals surface area contributed by atoms with Gasteiger partial charge in [0, 0.05) is 12.1 Å². The largest absolute Gasteiger partial charge is 0.495 e. The van der Waals surface area contributed by atoms with Crippen LogP contribution >= 0.6 is 0 Å². The lowest BCUT2D eigenvalue weighted by atomic mass is 10.2. The van der Waals surface area contributed by atoms with E-state index in [1.807, 2.05) is 0 Å². The molecule has 0 saturated heterocycles. The lowest BCUT2D eigenvalue weighted by Gasteiger charge is -2.16. The molecule has 0 spiro atoms. The van der Waals surface area contributed by atoms with Gasteiger partial charge in [-0.3, -0.25) is 14.9 Å². The Morgan fingerprint density at radius 1 is 1.25 bits per heavy atom. The molecule has 2 aromatic rings. The molecule has 1 amide bonds. The first-order valence-electron chi connectivity index (χ1n) is 6.97. The molecule has 1 atom stereocenters. The molecule has 8 heteroatoms. The summed E-state index contributed by atoms with van der Waals surface area (Å²) in [4.78, 5) is 22.4. The third-order valence-electron chi connectivity index (χ3n) is 3.16. The van der Waals surface area contributed by atoms with Gasteiger partial charge in [-0.05, 0) is 25.1 Å². The molecular formula is C16H15FN2O5. The van der Waals surface area contributed by atoms with Gasteiger partial charge in [0.2, 0.25) is 5.75 Å². The van der Waals surface area contributed by atoms with Gasteiger partial charge in [-0.1, -0.05) is 12.1 Å². The van der Waals surface area contributed by atoms with Gasteiger partial charge in [0.05, 0.1) is 17.7 Å². The highest BCUT2D eigenvalue weighted by Crippen LogP contribution is 2.29. The molecule has 7 nitrogen and oxygen atoms in total. The molecule has 2 aromatic carbocycles. The number of nitrogens with zero attached hydrogens (tertiary/aromatic N) is 1. The smallest absolute Gasteiger partial charge is 0.311 e. The minimum atomic E-state index is -1.09. The summed E-state index contributed by atoms with van der Waals surface area (Å²) < 4.78 is 23.7. The van der Waals surface area contributed by atoms with Crippen molar-refractivity contribution in [2.75, 3.05) is 12.4 Å². The number of nitrogens with one attached hydrogen (secondary N) is 1. The van der Waals surface area contributed by atoms with Crippen LogP contribution in [0.15, 0.2) is 42.5 Å². The van der Waals surface area contributed by atoms with Crippen LogP contribution in [0.25, 0.3) is 0 Å². The van der Waals surface area contributed by atoms with Crippen molar-refractivity contribution < 1.29 is 23.6 Å². The number of nitro groups is 1. The number of ether oxygens (including phenoxy) is 2. The van der Waals surface area contributed by atoms with Crippen LogP contribution in [0.2, 0.25) is 0 Å². The summed E-state index contributed by atoms with van der Waals surface area (Å²) in [5.41, 5.74) is 0.00235. The van der Waals surface area contributed by atoms with Crippen molar-refractivity contribution >= 4 is 17.3 Å². The molecule has 2 rings (SSSR count). The SMILES string of the molecule is COc1ccccc1NC(=O)[C@H](C)Oc1cc(F)ccc1[N+](=O)[O-]. The van der Waals surface area contributed by atoms with E-state index in [2.05, 4.69) is 5.32 Å². The number of rotatable bonds is 6. The molecular weight excluding hydrogens is 319 g/mol. The van der Waals surface area contributed by atoms with Gasteiger partial charge in [0.15, 0.2) is 6.10 Å². The molecule has 0 aliphatic carbocycles. The number of methoxy groups -OCH3 is 1. The first kappa shape index (κ1) is 17.2. The molecule has 0 radical (unpaired) electrons. The van der Waals surface area contributed by atoms with Crippen molar-refractivity contribution in [1.29, 1.82) is 0 Å². The number of hydrogen-bond donors (Lipinski definition) is 1. The molecule has 0 fully saturated rings. The zero-order valence-electron chi connectivity index (χ0n) is 13.0. The second-order valence-electron chi connectivity index (χ2n) is 4.82. The third kappa shape index (κ3) is 3.97. The molecule has 0 aliphatic heterocycles. The number of anilines is 1. The number of amides is 1. The molecule has 0 unspecified atom stereocenters. The lowest BCUT2D eigenvalue weighted by molar-refractivity contribution is -0.386. The summed E-state index contributed by atoms with van der Waals surface area (Å²) in [6.07, 6.45) is -1.09. The van der Waals surface area contributed by atoms with Gasteiger partial charge >= 0.3 is 5.69 Å². The molecule has 1 N–H and O–H groups in total. The normalized spacial score (nSPS) is 11.5. The predicted octanol–water partition coefficient (Wildman–Crippen LogP) is 3.15. The summed E-state index contributed by atoms with van der Waals surface area (Å²) in [5.74, 6) is -1.12. The highest BCUT2D eigenvalue weighted by Gasteiger charge is 2.22. The first-order valence-corrected chi connectivity index (χ1v) is 6.97. The number of carbonyl (C=O) groups is 1. The van der Waals surface area contributed by atoms with Crippen molar-refractivity contribution in [3.63, 3.8) is 0 Å². The van der Waals surface area contributed by atoms with Crippen molar-refractivity contribution in [1.82, 2.24) is 0 Å². The summed E-state index contributed by atoms with van der Waals surface area (Å²) >= 11 is 0. The fraction of sp³-hybridized carbons (Fsp3) is 0.188. The Kier molecular flexibility index (Phi) is 5.31. The Morgan fingerprint density at radius 2 is 1.96 bits per heavy atom. The second-order valence-corrected chi connectivity index (χ2v) is 4.82. The van der Waals surface area contributed by atoms with Gasteiger partial charge < -0.3 is 14.8 Å². The van der Waals surface area contributed by atoms with E-state index in [9.17, 15) is 19.3 Å². The van der Waals surface area contributed by atoms with Crippen LogP contribution in [-0.4, -0.2) is 24.0 Å². The Labute approximate surface area is 137 Å². The fourth-order valence-electron chi connectivity index (χ4n) is 1.96. The van der Waals surface area contributed by atoms with E-state index in [1.54, 1.807) is 24.3 Å². The quantitative estimate of drug-likeness (QED) is 0.647. The average molecular weight is 334 g/mol. The number of hydrogen-bond acceptors (Lipinski definition) is 5. The van der Waals surface area contributed by atoms with E-state index in [4.69, 9.17) is 9.47 Å². The van der Waals surface area contributed by atoms with Crippen molar-refractivity contribution in [3.05, 3.63) is 58.4 Å². The second kappa shape index (κ2) is 7.40. The maximum Gasteiger partial charge on any atom is 0.311 e. The fourth-order valence-corrected chi connectivity index (χ4v) is 1.96. The topological polar surface area (TPSA) is 90.7 Å². The minimum absolute atomic E-state index is 0.317. The van der Waals surface area contributed by atoms with Gasteiger partial charge in [-0.15, -0.1) is 0 Å². The zero-order chi connectivity index (χ0) is 17.7.